The topological polar surface area (TPSA) is 52.6 Å². The quantitative estimate of drug-likeness (QED) is 0.712. The molecule has 0 aromatic heterocycles. The number of hydrogen-bond acceptors (Lipinski definition) is 4. The fraction of sp³-hybridized carbons (Fsp3) is 0.917. The monoisotopic (exact) mass is 262 g/mol. The number of hydrogen-bond donors (Lipinski definition) is 0. The molecular weight excluding hydrogens is 239 g/mol. The van der Waals surface area contributed by atoms with Crippen molar-refractivity contribution in [1.29, 1.82) is 0 Å². The van der Waals surface area contributed by atoms with E-state index in [2.05, 4.69) is 0 Å². The summed E-state index contributed by atoms with van der Waals surface area (Å²) in [6.07, 6.45) is 1.60. The average molecular weight is 262 g/mol. The van der Waals surface area contributed by atoms with Crippen LogP contribution in [0.3, 0.4) is 0 Å². The van der Waals surface area contributed by atoms with Gasteiger partial charge in [-0.15, -0.1) is 0 Å². The van der Waals surface area contributed by atoms with E-state index in [1.807, 2.05) is 13.8 Å². The van der Waals surface area contributed by atoms with Gasteiger partial charge in [-0.1, -0.05) is 6.92 Å². The van der Waals surface area contributed by atoms with Crippen LogP contribution in [-0.4, -0.2) is 24.2 Å². The Bertz CT molecular complexity index is 318. The summed E-state index contributed by atoms with van der Waals surface area (Å²) in [4.78, 5) is 11.7. The second kappa shape index (κ2) is 5.64. The first kappa shape index (κ1) is 14.9. The first-order valence-electron chi connectivity index (χ1n) is 6.28. The predicted octanol–water partition coefficient (Wildman–Crippen LogP) is 3.40. The third-order valence-electron chi connectivity index (χ3n) is 3.20. The van der Waals surface area contributed by atoms with E-state index in [4.69, 9.17) is 9.05 Å². The minimum atomic E-state index is -3.20. The largest absolute Gasteiger partial charge is 0.336 e. The molecule has 1 aliphatic rings. The first-order valence-corrected chi connectivity index (χ1v) is 7.82. The lowest BCUT2D eigenvalue weighted by Crippen LogP contribution is -2.37. The van der Waals surface area contributed by atoms with Crippen molar-refractivity contribution in [3.05, 3.63) is 0 Å². The number of rotatable bonds is 5. The van der Waals surface area contributed by atoms with Gasteiger partial charge >= 0.3 is 7.60 Å². The van der Waals surface area contributed by atoms with Crippen molar-refractivity contribution in [3.63, 3.8) is 0 Å². The molecule has 0 aliphatic heterocycles. The van der Waals surface area contributed by atoms with E-state index in [-0.39, 0.29) is 11.7 Å². The zero-order valence-electron chi connectivity index (χ0n) is 11.2. The third kappa shape index (κ3) is 3.18. The summed E-state index contributed by atoms with van der Waals surface area (Å²) in [7, 11) is -3.20. The van der Waals surface area contributed by atoms with Gasteiger partial charge in [-0.3, -0.25) is 9.36 Å². The molecule has 0 N–H and O–H groups in total. The van der Waals surface area contributed by atoms with Gasteiger partial charge in [0, 0.05) is 12.8 Å². The molecule has 1 rings (SSSR count). The maximum Gasteiger partial charge on any atom is 0.336 e. The van der Waals surface area contributed by atoms with Crippen LogP contribution in [0.15, 0.2) is 0 Å². The second-order valence-corrected chi connectivity index (χ2v) is 7.65. The van der Waals surface area contributed by atoms with Gasteiger partial charge < -0.3 is 9.05 Å². The summed E-state index contributed by atoms with van der Waals surface area (Å²) >= 11 is 0. The van der Waals surface area contributed by atoms with Crippen molar-refractivity contribution in [2.24, 2.45) is 5.92 Å². The summed E-state index contributed by atoms with van der Waals surface area (Å²) in [6.45, 7) is 8.14. The van der Waals surface area contributed by atoms with Gasteiger partial charge in [-0.25, -0.2) is 0 Å². The fourth-order valence-corrected chi connectivity index (χ4v) is 4.96. The molecule has 100 valence electrons. The van der Waals surface area contributed by atoms with E-state index in [0.717, 1.165) is 6.42 Å². The molecule has 1 aliphatic carbocycles. The molecule has 2 unspecified atom stereocenters. The van der Waals surface area contributed by atoms with Crippen LogP contribution in [0.4, 0.5) is 0 Å². The van der Waals surface area contributed by atoms with Crippen LogP contribution >= 0.6 is 7.60 Å². The zero-order valence-corrected chi connectivity index (χ0v) is 12.1. The molecule has 1 saturated carbocycles. The molecule has 0 heterocycles. The Morgan fingerprint density at radius 2 is 1.88 bits per heavy atom. The summed E-state index contributed by atoms with van der Waals surface area (Å²) in [6, 6.07) is 0. The molecule has 0 amide bonds. The Balaban J connectivity index is 2.98. The van der Waals surface area contributed by atoms with Crippen molar-refractivity contribution in [1.82, 2.24) is 0 Å². The second-order valence-electron chi connectivity index (χ2n) is 5.06. The number of ketones is 1. The molecule has 0 saturated heterocycles. The van der Waals surface area contributed by atoms with Crippen molar-refractivity contribution in [3.8, 4) is 0 Å². The van der Waals surface area contributed by atoms with Crippen LogP contribution in [0.1, 0.15) is 47.0 Å². The van der Waals surface area contributed by atoms with Crippen LogP contribution in [0.25, 0.3) is 0 Å². The fourth-order valence-electron chi connectivity index (χ4n) is 2.68. The van der Waals surface area contributed by atoms with E-state index in [0.29, 0.717) is 26.1 Å². The molecular formula is C12H23O4P. The van der Waals surface area contributed by atoms with Crippen LogP contribution in [0.2, 0.25) is 0 Å². The Hall–Kier alpha value is -0.180. The van der Waals surface area contributed by atoms with Crippen LogP contribution in [-0.2, 0) is 18.4 Å². The number of carbonyl (C=O) groups is 1. The summed E-state index contributed by atoms with van der Waals surface area (Å²) in [5.41, 5.74) is 0. The molecule has 2 atom stereocenters. The van der Waals surface area contributed by atoms with Gasteiger partial charge in [0.15, 0.2) is 0 Å². The van der Waals surface area contributed by atoms with Crippen LogP contribution in [0.5, 0.6) is 0 Å². The maximum absolute atomic E-state index is 12.8. The summed E-state index contributed by atoms with van der Waals surface area (Å²) in [5, 5.41) is -0.659. The molecule has 0 aromatic carbocycles. The van der Waals surface area contributed by atoms with Gasteiger partial charge in [0.2, 0.25) is 0 Å². The molecule has 17 heavy (non-hydrogen) atoms. The van der Waals surface area contributed by atoms with E-state index < -0.39 is 12.8 Å². The minimum Gasteiger partial charge on any atom is -0.308 e. The molecule has 0 radical (unpaired) electrons. The highest BCUT2D eigenvalue weighted by Gasteiger charge is 2.51. The Morgan fingerprint density at radius 1 is 1.35 bits per heavy atom. The van der Waals surface area contributed by atoms with Crippen LogP contribution in [0, 0.1) is 5.92 Å². The highest BCUT2D eigenvalue weighted by atomic mass is 31.2. The van der Waals surface area contributed by atoms with Gasteiger partial charge in [-0.2, -0.15) is 0 Å². The van der Waals surface area contributed by atoms with Crippen molar-refractivity contribution >= 4 is 13.4 Å². The molecule has 1 fully saturated rings. The highest BCUT2D eigenvalue weighted by molar-refractivity contribution is 7.55. The Morgan fingerprint density at radius 3 is 2.29 bits per heavy atom. The van der Waals surface area contributed by atoms with Crippen molar-refractivity contribution < 1.29 is 18.4 Å². The number of carbonyl (C=O) groups excluding carboxylic acids is 1. The van der Waals surface area contributed by atoms with Crippen molar-refractivity contribution in [2.75, 3.05) is 13.2 Å². The van der Waals surface area contributed by atoms with Crippen LogP contribution < -0.4 is 0 Å². The van der Waals surface area contributed by atoms with E-state index in [1.54, 1.807) is 13.8 Å². The molecule has 0 spiro atoms. The molecule has 0 aromatic rings. The van der Waals surface area contributed by atoms with Gasteiger partial charge in [0.05, 0.1) is 18.4 Å². The summed E-state index contributed by atoms with van der Waals surface area (Å²) < 4.78 is 23.6. The van der Waals surface area contributed by atoms with Gasteiger partial charge in [-0.05, 0) is 33.1 Å². The zero-order chi connectivity index (χ0) is 13.1. The number of Topliss-reactive ketones (excluding diaryl/α,β-unsaturated/α-hetero) is 1. The lowest BCUT2D eigenvalue weighted by atomic mass is 9.82. The lowest BCUT2D eigenvalue weighted by Gasteiger charge is -2.40. The molecule has 5 heteroatoms. The summed E-state index contributed by atoms with van der Waals surface area (Å²) in [5.74, 6) is 0.404. The normalized spacial score (nSPS) is 30.6. The lowest BCUT2D eigenvalue weighted by molar-refractivity contribution is -0.122. The Kier molecular flexibility index (Phi) is 4.94. The minimum absolute atomic E-state index is 0.158. The predicted molar refractivity (Wildman–Crippen MR) is 67.3 cm³/mol. The Labute approximate surface area is 104 Å². The third-order valence-corrected chi connectivity index (χ3v) is 6.06. The van der Waals surface area contributed by atoms with E-state index >= 15 is 0 Å². The van der Waals surface area contributed by atoms with E-state index in [9.17, 15) is 9.36 Å². The highest BCUT2D eigenvalue weighted by Crippen LogP contribution is 2.64. The standard InChI is InChI=1S/C12H23O4P/c1-5-15-17(14,16-6-2)12(4)8-10(3)7-11(13)9-12/h10H,5-9H2,1-4H3. The maximum atomic E-state index is 12.8. The molecule has 4 nitrogen and oxygen atoms in total. The first-order chi connectivity index (χ1) is 7.87. The van der Waals surface area contributed by atoms with E-state index in [1.165, 1.54) is 0 Å². The SMILES string of the molecule is CCOP(=O)(OCC)C1(C)CC(=O)CC(C)C1. The smallest absolute Gasteiger partial charge is 0.308 e. The van der Waals surface area contributed by atoms with Gasteiger partial charge in [0.1, 0.15) is 5.78 Å². The average Bonchev–Trinajstić information content (AvgIpc) is 2.15. The van der Waals surface area contributed by atoms with Gasteiger partial charge in [0.25, 0.3) is 0 Å². The van der Waals surface area contributed by atoms with Crippen molar-refractivity contribution in [2.45, 2.75) is 52.1 Å². The molecule has 0 bridgehead atoms.